The molecule has 0 bridgehead atoms. The predicted molar refractivity (Wildman–Crippen MR) is 103 cm³/mol. The van der Waals surface area contributed by atoms with Crippen molar-refractivity contribution in [3.63, 3.8) is 0 Å². The molecule has 1 aromatic heterocycles. The highest BCUT2D eigenvalue weighted by Crippen LogP contribution is 2.31. The van der Waals surface area contributed by atoms with Crippen LogP contribution in [0.15, 0.2) is 53.6 Å². The van der Waals surface area contributed by atoms with Gasteiger partial charge in [-0.1, -0.05) is 36.0 Å². The van der Waals surface area contributed by atoms with Crippen LogP contribution in [0.5, 0.6) is 0 Å². The molecule has 0 spiro atoms. The second kappa shape index (κ2) is 8.59. The Labute approximate surface area is 159 Å². The second-order valence-electron chi connectivity index (χ2n) is 5.60. The minimum Gasteiger partial charge on any atom is -0.338 e. The number of rotatable bonds is 5. The van der Waals surface area contributed by atoms with E-state index >= 15 is 0 Å². The fourth-order valence-electron chi connectivity index (χ4n) is 2.51. The van der Waals surface area contributed by atoms with Gasteiger partial charge in [-0.05, 0) is 31.2 Å². The topological polar surface area (TPSA) is 84.0 Å². The van der Waals surface area contributed by atoms with E-state index in [4.69, 9.17) is 0 Å². The molecule has 0 saturated heterocycles. The predicted octanol–water partition coefficient (Wildman–Crippen LogP) is 3.37. The van der Waals surface area contributed by atoms with Gasteiger partial charge in [0.1, 0.15) is 16.5 Å². The van der Waals surface area contributed by atoms with E-state index in [9.17, 15) is 14.0 Å². The number of fused-ring (bicyclic) bond motifs is 1. The summed E-state index contributed by atoms with van der Waals surface area (Å²) >= 11 is 1.20. The maximum absolute atomic E-state index is 13.2. The van der Waals surface area contributed by atoms with Gasteiger partial charge in [-0.15, -0.1) is 10.2 Å². The van der Waals surface area contributed by atoms with Crippen molar-refractivity contribution in [1.82, 2.24) is 20.8 Å². The number of nitrogens with zero attached hydrogens (tertiary/aromatic N) is 2. The van der Waals surface area contributed by atoms with Gasteiger partial charge >= 0.3 is 6.03 Å². The minimum absolute atomic E-state index is 0.0334. The molecule has 0 aliphatic carbocycles. The highest BCUT2D eigenvalue weighted by Gasteiger charge is 2.13. The van der Waals surface area contributed by atoms with Crippen LogP contribution in [0.25, 0.3) is 22.0 Å². The number of halogens is 1. The summed E-state index contributed by atoms with van der Waals surface area (Å²) in [6.07, 6.45) is 0. The van der Waals surface area contributed by atoms with Gasteiger partial charge in [-0.3, -0.25) is 10.1 Å². The number of carbonyl (C=O) groups excluding carboxylic acids is 2. The molecule has 0 unspecified atom stereocenters. The molecule has 0 saturated carbocycles. The van der Waals surface area contributed by atoms with E-state index in [-0.39, 0.29) is 11.6 Å². The third-order valence-corrected chi connectivity index (χ3v) is 4.68. The molecule has 1 heterocycles. The van der Waals surface area contributed by atoms with Crippen molar-refractivity contribution in [3.05, 3.63) is 54.3 Å². The minimum atomic E-state index is -0.523. The molecule has 6 nitrogen and oxygen atoms in total. The molecule has 138 valence electrons. The van der Waals surface area contributed by atoms with Crippen LogP contribution in [0.1, 0.15) is 6.92 Å². The normalized spacial score (nSPS) is 10.6. The number of imide groups is 1. The number of nitrogens with one attached hydrogen (secondary N) is 2. The van der Waals surface area contributed by atoms with E-state index in [0.29, 0.717) is 17.3 Å². The monoisotopic (exact) mass is 384 g/mol. The van der Waals surface area contributed by atoms with Crippen LogP contribution in [0.4, 0.5) is 9.18 Å². The molecular formula is C19H17FN4O2S. The van der Waals surface area contributed by atoms with Crippen molar-refractivity contribution in [3.8, 4) is 11.3 Å². The Morgan fingerprint density at radius 3 is 2.44 bits per heavy atom. The first kappa shape index (κ1) is 18.8. The SMILES string of the molecule is CCNC(=O)NC(=O)CSc1nnc(-c2ccc(F)cc2)c2ccccc12. The smallest absolute Gasteiger partial charge is 0.321 e. The molecule has 2 aromatic carbocycles. The lowest BCUT2D eigenvalue weighted by atomic mass is 10.1. The Bertz CT molecular complexity index is 979. The number of benzene rings is 2. The van der Waals surface area contributed by atoms with Crippen LogP contribution in [-0.4, -0.2) is 34.4 Å². The quantitative estimate of drug-likeness (QED) is 0.659. The van der Waals surface area contributed by atoms with Gasteiger partial charge in [0.15, 0.2) is 0 Å². The largest absolute Gasteiger partial charge is 0.338 e. The Balaban J connectivity index is 1.84. The van der Waals surface area contributed by atoms with Crippen LogP contribution in [-0.2, 0) is 4.79 Å². The fourth-order valence-corrected chi connectivity index (χ4v) is 3.28. The zero-order chi connectivity index (χ0) is 19.2. The number of hydrogen-bond acceptors (Lipinski definition) is 5. The summed E-state index contributed by atoms with van der Waals surface area (Å²) < 4.78 is 13.2. The zero-order valence-corrected chi connectivity index (χ0v) is 15.3. The van der Waals surface area contributed by atoms with Crippen molar-refractivity contribution >= 4 is 34.5 Å². The average Bonchev–Trinajstić information content (AvgIpc) is 2.67. The zero-order valence-electron chi connectivity index (χ0n) is 14.5. The van der Waals surface area contributed by atoms with Crippen LogP contribution in [0, 0.1) is 5.82 Å². The van der Waals surface area contributed by atoms with Crippen LogP contribution in [0.3, 0.4) is 0 Å². The van der Waals surface area contributed by atoms with Crippen molar-refractivity contribution in [2.75, 3.05) is 12.3 Å². The van der Waals surface area contributed by atoms with E-state index in [0.717, 1.165) is 16.3 Å². The number of urea groups is 1. The van der Waals surface area contributed by atoms with E-state index < -0.39 is 11.9 Å². The Morgan fingerprint density at radius 2 is 1.74 bits per heavy atom. The summed E-state index contributed by atoms with van der Waals surface area (Å²) in [5.41, 5.74) is 1.40. The fraction of sp³-hybridized carbons (Fsp3) is 0.158. The van der Waals surface area contributed by atoms with E-state index in [1.165, 1.54) is 23.9 Å². The van der Waals surface area contributed by atoms with Crippen molar-refractivity contribution in [2.24, 2.45) is 0 Å². The maximum atomic E-state index is 13.2. The summed E-state index contributed by atoms with van der Waals surface area (Å²) in [5.74, 6) is -0.702. The third kappa shape index (κ3) is 4.59. The van der Waals surface area contributed by atoms with E-state index in [2.05, 4.69) is 20.8 Å². The van der Waals surface area contributed by atoms with Crippen LogP contribution < -0.4 is 10.6 Å². The summed E-state index contributed by atoms with van der Waals surface area (Å²) in [6, 6.07) is 13.1. The average molecular weight is 384 g/mol. The lowest BCUT2D eigenvalue weighted by Gasteiger charge is -2.09. The molecule has 2 N–H and O–H groups in total. The molecule has 3 rings (SSSR count). The number of aromatic nitrogens is 2. The van der Waals surface area contributed by atoms with Gasteiger partial charge in [0.05, 0.1) is 5.75 Å². The summed E-state index contributed by atoms with van der Waals surface area (Å²) in [5, 5.41) is 15.5. The highest BCUT2D eigenvalue weighted by atomic mass is 32.2. The Hall–Kier alpha value is -3.00. The first-order chi connectivity index (χ1) is 13.1. The third-order valence-electron chi connectivity index (χ3n) is 3.70. The number of amides is 3. The van der Waals surface area contributed by atoms with Crippen molar-refractivity contribution in [2.45, 2.75) is 11.9 Å². The summed E-state index contributed by atoms with van der Waals surface area (Å²) in [6.45, 7) is 2.20. The van der Waals surface area contributed by atoms with E-state index in [1.54, 1.807) is 19.1 Å². The molecule has 3 aromatic rings. The molecule has 27 heavy (non-hydrogen) atoms. The van der Waals surface area contributed by atoms with Gasteiger partial charge in [-0.25, -0.2) is 9.18 Å². The standard InChI is InChI=1S/C19H17FN4O2S/c1-2-21-19(26)22-16(25)11-27-18-15-6-4-3-5-14(15)17(23-24-18)12-7-9-13(20)10-8-12/h3-10H,2,11H2,1H3,(H2,21,22,25,26). The van der Waals surface area contributed by atoms with Gasteiger partial charge in [0, 0.05) is 22.9 Å². The number of carbonyl (C=O) groups is 2. The van der Waals surface area contributed by atoms with Crippen LogP contribution >= 0.6 is 11.8 Å². The van der Waals surface area contributed by atoms with Crippen LogP contribution in [0.2, 0.25) is 0 Å². The maximum Gasteiger partial charge on any atom is 0.321 e. The lowest BCUT2D eigenvalue weighted by Crippen LogP contribution is -2.40. The van der Waals surface area contributed by atoms with Crippen molar-refractivity contribution < 1.29 is 14.0 Å². The second-order valence-corrected chi connectivity index (χ2v) is 6.57. The van der Waals surface area contributed by atoms with Gasteiger partial charge < -0.3 is 5.32 Å². The lowest BCUT2D eigenvalue weighted by molar-refractivity contribution is -0.117. The summed E-state index contributed by atoms with van der Waals surface area (Å²) in [7, 11) is 0. The van der Waals surface area contributed by atoms with Gasteiger partial charge in [0.2, 0.25) is 5.91 Å². The first-order valence-electron chi connectivity index (χ1n) is 8.30. The summed E-state index contributed by atoms with van der Waals surface area (Å²) in [4.78, 5) is 23.3. The molecule has 8 heteroatoms. The number of hydrogen-bond donors (Lipinski definition) is 2. The molecule has 0 fully saturated rings. The first-order valence-corrected chi connectivity index (χ1v) is 9.29. The van der Waals surface area contributed by atoms with Crippen molar-refractivity contribution in [1.29, 1.82) is 0 Å². The molecule has 0 aliphatic rings. The Morgan fingerprint density at radius 1 is 1.04 bits per heavy atom. The number of thioether (sulfide) groups is 1. The molecule has 0 radical (unpaired) electrons. The van der Waals surface area contributed by atoms with Gasteiger partial charge in [0.25, 0.3) is 0 Å². The molecule has 0 atom stereocenters. The van der Waals surface area contributed by atoms with E-state index in [1.807, 2.05) is 24.3 Å². The molecular weight excluding hydrogens is 367 g/mol. The molecule has 3 amide bonds. The molecule has 0 aliphatic heterocycles. The van der Waals surface area contributed by atoms with Gasteiger partial charge in [-0.2, -0.15) is 0 Å². The highest BCUT2D eigenvalue weighted by molar-refractivity contribution is 8.00. The Kier molecular flexibility index (Phi) is 5.97.